The van der Waals surface area contributed by atoms with Gasteiger partial charge in [0.25, 0.3) is 0 Å². The molecule has 6 heteroatoms. The summed E-state index contributed by atoms with van der Waals surface area (Å²) in [6, 6.07) is 0. The van der Waals surface area contributed by atoms with Crippen LogP contribution < -0.4 is 0 Å². The van der Waals surface area contributed by atoms with E-state index in [2.05, 4.69) is 106 Å². The van der Waals surface area contributed by atoms with Gasteiger partial charge in [-0.1, -0.05) is 234 Å². The first-order valence-corrected chi connectivity index (χ1v) is 26.1. The van der Waals surface area contributed by atoms with Gasteiger partial charge in [0.2, 0.25) is 0 Å². The summed E-state index contributed by atoms with van der Waals surface area (Å²) in [7, 11) is 0. The van der Waals surface area contributed by atoms with E-state index < -0.39 is 6.10 Å². The second kappa shape index (κ2) is 51.2. The molecule has 0 rings (SSSR count). The highest BCUT2D eigenvalue weighted by Gasteiger charge is 2.19. The van der Waals surface area contributed by atoms with Crippen molar-refractivity contribution in [1.82, 2.24) is 0 Å². The standard InChI is InChI=1S/C57H96O6/c1-4-7-10-13-15-17-19-21-23-25-26-27-28-29-30-32-33-35-37-39-41-44-47-50-56(59)62-53-54(52-61-55(58)49-46-43-12-9-6-3)63-57(60)51-48-45-42-40-38-36-34-31-24-22-20-18-16-14-11-8-5-2/h7,10,15,17,21,23,26-27,29-30,33,35,39,41,54H,4-6,8-9,11-14,16,18-20,22,24-25,28,31-32,34,36-38,40,42-53H2,1-3H3/b10-7-,17-15-,23-21-,27-26-,30-29-,35-33-,41-39-. The van der Waals surface area contributed by atoms with Crippen LogP contribution in [-0.4, -0.2) is 37.2 Å². The Hall–Kier alpha value is -3.41. The topological polar surface area (TPSA) is 78.9 Å². The molecular formula is C57H96O6. The van der Waals surface area contributed by atoms with E-state index in [1.807, 2.05) is 0 Å². The lowest BCUT2D eigenvalue weighted by Crippen LogP contribution is -2.30. The van der Waals surface area contributed by atoms with E-state index in [-0.39, 0.29) is 37.5 Å². The lowest BCUT2D eigenvalue weighted by Gasteiger charge is -2.18. The highest BCUT2D eigenvalue weighted by Crippen LogP contribution is 2.15. The minimum Gasteiger partial charge on any atom is -0.462 e. The van der Waals surface area contributed by atoms with E-state index in [0.29, 0.717) is 19.3 Å². The monoisotopic (exact) mass is 877 g/mol. The van der Waals surface area contributed by atoms with Crippen molar-refractivity contribution in [2.75, 3.05) is 13.2 Å². The summed E-state index contributed by atoms with van der Waals surface area (Å²) in [6.07, 6.45) is 66.1. The van der Waals surface area contributed by atoms with Crippen LogP contribution >= 0.6 is 0 Å². The summed E-state index contributed by atoms with van der Waals surface area (Å²) >= 11 is 0. The molecule has 0 amide bonds. The molecule has 1 atom stereocenters. The molecule has 360 valence electrons. The zero-order valence-corrected chi connectivity index (χ0v) is 41.1. The molecule has 0 saturated heterocycles. The van der Waals surface area contributed by atoms with Crippen LogP contribution in [0, 0.1) is 0 Å². The lowest BCUT2D eigenvalue weighted by atomic mass is 10.0. The van der Waals surface area contributed by atoms with Crippen LogP contribution in [0.5, 0.6) is 0 Å². The molecule has 63 heavy (non-hydrogen) atoms. The lowest BCUT2D eigenvalue weighted by molar-refractivity contribution is -0.167. The summed E-state index contributed by atoms with van der Waals surface area (Å²) in [5.41, 5.74) is 0. The van der Waals surface area contributed by atoms with Crippen LogP contribution in [0.4, 0.5) is 0 Å². The maximum Gasteiger partial charge on any atom is 0.306 e. The van der Waals surface area contributed by atoms with Gasteiger partial charge in [-0.25, -0.2) is 0 Å². The number of unbranched alkanes of at least 4 members (excludes halogenated alkanes) is 21. The number of esters is 3. The molecule has 0 aliphatic rings. The fraction of sp³-hybridized carbons (Fsp3) is 0.702. The van der Waals surface area contributed by atoms with Crippen molar-refractivity contribution >= 4 is 17.9 Å². The van der Waals surface area contributed by atoms with E-state index in [4.69, 9.17) is 14.2 Å². The number of hydrogen-bond acceptors (Lipinski definition) is 6. The third-order valence-electron chi connectivity index (χ3n) is 10.9. The van der Waals surface area contributed by atoms with Crippen molar-refractivity contribution in [1.29, 1.82) is 0 Å². The maximum absolute atomic E-state index is 12.7. The Kier molecular flexibility index (Phi) is 48.5. The van der Waals surface area contributed by atoms with Crippen LogP contribution in [0.25, 0.3) is 0 Å². The van der Waals surface area contributed by atoms with Crippen LogP contribution in [0.3, 0.4) is 0 Å². The Morgan fingerprint density at radius 1 is 0.333 bits per heavy atom. The summed E-state index contributed by atoms with van der Waals surface area (Å²) in [6.45, 7) is 6.39. The molecule has 0 aliphatic heterocycles. The van der Waals surface area contributed by atoms with Crippen molar-refractivity contribution in [3.63, 3.8) is 0 Å². The Morgan fingerprint density at radius 2 is 0.619 bits per heavy atom. The molecule has 0 aromatic rings. The Bertz CT molecular complexity index is 1240. The number of carbonyl (C=O) groups is 3. The zero-order chi connectivity index (χ0) is 45.8. The van der Waals surface area contributed by atoms with Crippen LogP contribution in [0.1, 0.15) is 239 Å². The number of allylic oxidation sites excluding steroid dienone is 14. The largest absolute Gasteiger partial charge is 0.462 e. The molecule has 0 radical (unpaired) electrons. The Morgan fingerprint density at radius 3 is 0.968 bits per heavy atom. The normalized spacial score (nSPS) is 12.7. The van der Waals surface area contributed by atoms with E-state index in [9.17, 15) is 14.4 Å². The number of hydrogen-bond donors (Lipinski definition) is 0. The molecule has 0 heterocycles. The number of carbonyl (C=O) groups excluding carboxylic acids is 3. The predicted octanol–water partition coefficient (Wildman–Crippen LogP) is 17.2. The summed E-state index contributed by atoms with van der Waals surface area (Å²) < 4.78 is 16.6. The highest BCUT2D eigenvalue weighted by molar-refractivity contribution is 5.71. The van der Waals surface area contributed by atoms with Crippen LogP contribution in [0.15, 0.2) is 85.1 Å². The van der Waals surface area contributed by atoms with Crippen molar-refractivity contribution in [3.05, 3.63) is 85.1 Å². The third kappa shape index (κ3) is 49.5. The zero-order valence-electron chi connectivity index (χ0n) is 41.1. The van der Waals surface area contributed by atoms with Gasteiger partial charge >= 0.3 is 17.9 Å². The van der Waals surface area contributed by atoms with Gasteiger partial charge < -0.3 is 14.2 Å². The van der Waals surface area contributed by atoms with Gasteiger partial charge in [0.05, 0.1) is 0 Å². The molecule has 6 nitrogen and oxygen atoms in total. The van der Waals surface area contributed by atoms with Gasteiger partial charge in [0.1, 0.15) is 13.2 Å². The average Bonchev–Trinajstić information content (AvgIpc) is 3.28. The van der Waals surface area contributed by atoms with E-state index >= 15 is 0 Å². The van der Waals surface area contributed by atoms with Crippen LogP contribution in [-0.2, 0) is 28.6 Å². The Labute approximate surface area is 388 Å². The first-order chi connectivity index (χ1) is 31.0. The summed E-state index contributed by atoms with van der Waals surface area (Å²) in [5.74, 6) is -0.968. The van der Waals surface area contributed by atoms with Gasteiger partial charge in [-0.15, -0.1) is 0 Å². The second-order valence-electron chi connectivity index (χ2n) is 17.1. The van der Waals surface area contributed by atoms with Gasteiger partial charge in [0.15, 0.2) is 6.10 Å². The first-order valence-electron chi connectivity index (χ1n) is 26.1. The molecule has 0 saturated carbocycles. The quantitative estimate of drug-likeness (QED) is 0.0262. The van der Waals surface area contributed by atoms with Crippen molar-refractivity contribution in [3.8, 4) is 0 Å². The summed E-state index contributed by atoms with van der Waals surface area (Å²) in [5, 5.41) is 0. The minimum atomic E-state index is -0.794. The SMILES string of the molecule is CC/C=C\C/C=C\C/C=C\C/C=C\C/C=C\C/C=C\C/C=C\CCCC(=O)OCC(COC(=O)CCCCCCC)OC(=O)CCCCCCCCCCCCCCCCCCC. The molecule has 0 aliphatic carbocycles. The van der Waals surface area contributed by atoms with E-state index in [1.165, 1.54) is 96.3 Å². The van der Waals surface area contributed by atoms with Gasteiger partial charge in [0, 0.05) is 19.3 Å². The summed E-state index contributed by atoms with van der Waals surface area (Å²) in [4.78, 5) is 37.7. The number of rotatable bonds is 46. The van der Waals surface area contributed by atoms with Gasteiger partial charge in [-0.3, -0.25) is 14.4 Å². The Balaban J connectivity index is 4.26. The fourth-order valence-corrected chi connectivity index (χ4v) is 7.02. The highest BCUT2D eigenvalue weighted by atomic mass is 16.6. The van der Waals surface area contributed by atoms with Crippen molar-refractivity contribution < 1.29 is 28.6 Å². The molecule has 0 spiro atoms. The smallest absolute Gasteiger partial charge is 0.306 e. The fourth-order valence-electron chi connectivity index (χ4n) is 7.02. The molecule has 0 aromatic heterocycles. The first kappa shape index (κ1) is 59.6. The van der Waals surface area contributed by atoms with E-state index in [1.54, 1.807) is 0 Å². The molecule has 0 aromatic carbocycles. The average molecular weight is 877 g/mol. The maximum atomic E-state index is 12.7. The molecule has 0 fully saturated rings. The minimum absolute atomic E-state index is 0.0941. The van der Waals surface area contributed by atoms with E-state index in [0.717, 1.165) is 96.3 Å². The van der Waals surface area contributed by atoms with Gasteiger partial charge in [-0.2, -0.15) is 0 Å². The molecular weight excluding hydrogens is 781 g/mol. The van der Waals surface area contributed by atoms with Gasteiger partial charge in [-0.05, 0) is 70.6 Å². The second-order valence-corrected chi connectivity index (χ2v) is 17.1. The van der Waals surface area contributed by atoms with Crippen molar-refractivity contribution in [2.24, 2.45) is 0 Å². The van der Waals surface area contributed by atoms with Crippen molar-refractivity contribution in [2.45, 2.75) is 245 Å². The molecule has 0 N–H and O–H groups in total. The number of ether oxygens (including phenoxy) is 3. The van der Waals surface area contributed by atoms with Crippen LogP contribution in [0.2, 0.25) is 0 Å². The predicted molar refractivity (Wildman–Crippen MR) is 270 cm³/mol. The molecule has 1 unspecified atom stereocenters. The third-order valence-corrected chi connectivity index (χ3v) is 10.9. The molecule has 0 bridgehead atoms.